The SMILES string of the molecule is CC(C)OCC1CCC(COC(=O)c2cc(C(=O)OCCOCCOC(=O)c3cccc(C(=O)C(C)C)c3)cc(S(=O)(=O)O)c2)CC1. The van der Waals surface area contributed by atoms with Gasteiger partial charge in [-0.3, -0.25) is 9.35 Å². The Morgan fingerprint density at radius 1 is 0.702 bits per heavy atom. The molecule has 1 N–H and O–H groups in total. The predicted octanol–water partition coefficient (Wildman–Crippen LogP) is 5.19. The first-order chi connectivity index (χ1) is 22.2. The van der Waals surface area contributed by atoms with E-state index < -0.39 is 32.9 Å². The number of ketones is 1. The third-order valence-electron chi connectivity index (χ3n) is 7.59. The molecule has 3 rings (SSSR count). The average Bonchev–Trinajstić information content (AvgIpc) is 3.05. The van der Waals surface area contributed by atoms with Gasteiger partial charge in [0, 0.05) is 18.1 Å². The van der Waals surface area contributed by atoms with Crippen LogP contribution in [0.1, 0.15) is 94.8 Å². The summed E-state index contributed by atoms with van der Waals surface area (Å²) in [6.45, 7) is 7.97. The Kier molecular flexibility index (Phi) is 14.5. The summed E-state index contributed by atoms with van der Waals surface area (Å²) in [5.74, 6) is -2.08. The van der Waals surface area contributed by atoms with Gasteiger partial charge in [0.1, 0.15) is 13.2 Å². The largest absolute Gasteiger partial charge is 0.462 e. The van der Waals surface area contributed by atoms with Crippen molar-refractivity contribution in [3.8, 4) is 0 Å². The van der Waals surface area contributed by atoms with E-state index in [9.17, 15) is 32.1 Å². The van der Waals surface area contributed by atoms with Gasteiger partial charge in [0.2, 0.25) is 0 Å². The number of ether oxygens (including phenoxy) is 5. The standard InChI is InChI=1S/C34H44O12S/c1-22(2)31(35)26-6-5-7-27(16-26)32(36)43-14-12-42-13-15-44-33(37)28-17-29(19-30(18-28)47(39,40)41)34(38)46-21-25-10-8-24(9-11-25)20-45-23(3)4/h5-7,16-19,22-25H,8-15,20-21H2,1-4H3,(H,39,40,41). The highest BCUT2D eigenvalue weighted by Gasteiger charge is 2.25. The van der Waals surface area contributed by atoms with Crippen LogP contribution in [0.5, 0.6) is 0 Å². The lowest BCUT2D eigenvalue weighted by Gasteiger charge is -2.28. The molecule has 1 fully saturated rings. The fourth-order valence-electron chi connectivity index (χ4n) is 4.94. The number of carbonyl (C=O) groups is 4. The third-order valence-corrected chi connectivity index (χ3v) is 8.42. The second kappa shape index (κ2) is 18.0. The van der Waals surface area contributed by atoms with Gasteiger partial charge >= 0.3 is 17.9 Å². The highest BCUT2D eigenvalue weighted by Crippen LogP contribution is 2.30. The number of benzene rings is 2. The molecule has 47 heavy (non-hydrogen) atoms. The van der Waals surface area contributed by atoms with Crippen LogP contribution in [0.25, 0.3) is 0 Å². The zero-order valence-corrected chi connectivity index (χ0v) is 28.1. The number of esters is 3. The van der Waals surface area contributed by atoms with Crippen molar-refractivity contribution >= 4 is 33.8 Å². The lowest BCUT2D eigenvalue weighted by atomic mass is 9.83. The molecule has 0 saturated heterocycles. The molecule has 0 amide bonds. The quantitative estimate of drug-likeness (QED) is 0.0766. The van der Waals surface area contributed by atoms with Crippen molar-refractivity contribution in [1.29, 1.82) is 0 Å². The maximum Gasteiger partial charge on any atom is 0.338 e. The summed E-state index contributed by atoms with van der Waals surface area (Å²) >= 11 is 0. The van der Waals surface area contributed by atoms with E-state index in [-0.39, 0.29) is 73.4 Å². The third kappa shape index (κ3) is 12.5. The molecule has 0 bridgehead atoms. The molecule has 258 valence electrons. The molecule has 0 atom stereocenters. The number of hydrogen-bond acceptors (Lipinski definition) is 11. The first-order valence-electron chi connectivity index (χ1n) is 15.7. The molecule has 2 aromatic carbocycles. The van der Waals surface area contributed by atoms with Crippen molar-refractivity contribution in [1.82, 2.24) is 0 Å². The summed E-state index contributed by atoms with van der Waals surface area (Å²) in [5.41, 5.74) is 0.156. The van der Waals surface area contributed by atoms with Crippen LogP contribution in [-0.4, -0.2) is 82.4 Å². The summed E-state index contributed by atoms with van der Waals surface area (Å²) in [4.78, 5) is 49.3. The zero-order chi connectivity index (χ0) is 34.6. The Morgan fingerprint density at radius 2 is 1.19 bits per heavy atom. The van der Waals surface area contributed by atoms with Gasteiger partial charge in [-0.15, -0.1) is 0 Å². The van der Waals surface area contributed by atoms with Crippen LogP contribution < -0.4 is 0 Å². The second-order valence-corrected chi connectivity index (χ2v) is 13.5. The first kappa shape index (κ1) is 37.8. The van der Waals surface area contributed by atoms with Gasteiger partial charge in [0.05, 0.1) is 47.5 Å². The minimum absolute atomic E-state index is 0.00446. The van der Waals surface area contributed by atoms with Crippen molar-refractivity contribution in [2.45, 2.75) is 64.4 Å². The van der Waals surface area contributed by atoms with Crippen LogP contribution in [0.3, 0.4) is 0 Å². The molecular formula is C34H44O12S. The Labute approximate surface area is 275 Å². The molecule has 2 aromatic rings. The van der Waals surface area contributed by atoms with Gasteiger partial charge in [0.25, 0.3) is 10.1 Å². The van der Waals surface area contributed by atoms with Crippen LogP contribution in [-0.2, 0) is 33.8 Å². The van der Waals surface area contributed by atoms with Crippen molar-refractivity contribution in [2.75, 3.05) is 39.6 Å². The molecule has 0 unspecified atom stereocenters. The van der Waals surface area contributed by atoms with Crippen molar-refractivity contribution < 1.29 is 55.8 Å². The molecule has 1 saturated carbocycles. The highest BCUT2D eigenvalue weighted by molar-refractivity contribution is 7.85. The Morgan fingerprint density at radius 3 is 1.72 bits per heavy atom. The molecule has 0 aliphatic heterocycles. The molecule has 13 heteroatoms. The van der Waals surface area contributed by atoms with E-state index in [0.29, 0.717) is 18.1 Å². The predicted molar refractivity (Wildman–Crippen MR) is 170 cm³/mol. The first-order valence-corrected chi connectivity index (χ1v) is 17.2. The van der Waals surface area contributed by atoms with Crippen LogP contribution >= 0.6 is 0 Å². The maximum absolute atomic E-state index is 12.8. The van der Waals surface area contributed by atoms with Crippen LogP contribution in [0, 0.1) is 17.8 Å². The van der Waals surface area contributed by atoms with E-state index in [1.54, 1.807) is 32.0 Å². The van der Waals surface area contributed by atoms with Gasteiger partial charge in [-0.2, -0.15) is 8.42 Å². The number of rotatable bonds is 17. The number of Topliss-reactive ketones (excluding diaryl/α,β-unsaturated/α-hetero) is 1. The van der Waals surface area contributed by atoms with Crippen molar-refractivity contribution in [2.24, 2.45) is 17.8 Å². The summed E-state index contributed by atoms with van der Waals surface area (Å²) in [6.07, 6.45) is 3.80. The molecule has 0 aromatic heterocycles. The van der Waals surface area contributed by atoms with Gasteiger partial charge in [-0.05, 0) is 81.7 Å². The molecule has 0 heterocycles. The minimum Gasteiger partial charge on any atom is -0.462 e. The molecule has 1 aliphatic carbocycles. The molecule has 1 aliphatic rings. The van der Waals surface area contributed by atoms with E-state index >= 15 is 0 Å². The van der Waals surface area contributed by atoms with Crippen LogP contribution in [0.4, 0.5) is 0 Å². The summed E-state index contributed by atoms with van der Waals surface area (Å²) < 4.78 is 60.1. The normalized spacial score (nSPS) is 16.6. The van der Waals surface area contributed by atoms with Crippen LogP contribution in [0.2, 0.25) is 0 Å². The van der Waals surface area contributed by atoms with E-state index in [0.717, 1.165) is 43.9 Å². The molecular weight excluding hydrogens is 632 g/mol. The summed E-state index contributed by atoms with van der Waals surface area (Å²) in [7, 11) is -4.75. The topological polar surface area (TPSA) is 169 Å². The van der Waals surface area contributed by atoms with Gasteiger partial charge in [0.15, 0.2) is 5.78 Å². The summed E-state index contributed by atoms with van der Waals surface area (Å²) in [5, 5.41) is 0. The monoisotopic (exact) mass is 676 g/mol. The van der Waals surface area contributed by atoms with E-state index in [2.05, 4.69) is 0 Å². The molecule has 12 nitrogen and oxygen atoms in total. The number of carbonyl (C=O) groups excluding carboxylic acids is 4. The van der Waals surface area contributed by atoms with E-state index in [1.807, 2.05) is 13.8 Å². The Bertz CT molecular complexity index is 1490. The minimum atomic E-state index is -4.75. The van der Waals surface area contributed by atoms with Gasteiger partial charge in [-0.25, -0.2) is 14.4 Å². The van der Waals surface area contributed by atoms with E-state index in [1.165, 1.54) is 6.07 Å². The lowest BCUT2D eigenvalue weighted by Crippen LogP contribution is -2.24. The van der Waals surface area contributed by atoms with Gasteiger partial charge < -0.3 is 23.7 Å². The smallest absolute Gasteiger partial charge is 0.338 e. The molecule has 0 spiro atoms. The molecule has 0 radical (unpaired) electrons. The zero-order valence-electron chi connectivity index (χ0n) is 27.3. The Balaban J connectivity index is 1.45. The number of hydrogen-bond donors (Lipinski definition) is 1. The van der Waals surface area contributed by atoms with Crippen molar-refractivity contribution in [3.05, 3.63) is 64.7 Å². The summed E-state index contributed by atoms with van der Waals surface area (Å²) in [6, 6.07) is 9.24. The van der Waals surface area contributed by atoms with Crippen LogP contribution in [0.15, 0.2) is 47.4 Å². The fourth-order valence-corrected chi connectivity index (χ4v) is 5.49. The average molecular weight is 677 g/mol. The fraction of sp³-hybridized carbons (Fsp3) is 0.529. The second-order valence-electron chi connectivity index (χ2n) is 12.1. The van der Waals surface area contributed by atoms with Gasteiger partial charge in [-0.1, -0.05) is 26.0 Å². The Hall–Kier alpha value is -3.65. The van der Waals surface area contributed by atoms with E-state index in [4.69, 9.17) is 23.7 Å². The maximum atomic E-state index is 12.8. The lowest BCUT2D eigenvalue weighted by molar-refractivity contribution is 0.0151. The highest BCUT2D eigenvalue weighted by atomic mass is 32.2. The van der Waals surface area contributed by atoms with Crippen molar-refractivity contribution in [3.63, 3.8) is 0 Å².